The van der Waals surface area contributed by atoms with Crippen LogP contribution in [0.1, 0.15) is 41.6 Å². The molecule has 1 fully saturated rings. The van der Waals surface area contributed by atoms with Crippen molar-refractivity contribution in [3.63, 3.8) is 0 Å². The standard InChI is InChI=1S/C11H17N3O2S/c1-2-9-10(17-13-12-9)11(16)14(6-7-15)8-4-3-5-8/h8,15H,2-7H2,1H3. The van der Waals surface area contributed by atoms with Gasteiger partial charge < -0.3 is 10.0 Å². The van der Waals surface area contributed by atoms with Crippen molar-refractivity contribution >= 4 is 17.4 Å². The van der Waals surface area contributed by atoms with Gasteiger partial charge in [0.25, 0.3) is 5.91 Å². The van der Waals surface area contributed by atoms with Gasteiger partial charge in [-0.1, -0.05) is 11.4 Å². The molecule has 94 valence electrons. The molecule has 1 aliphatic rings. The van der Waals surface area contributed by atoms with Crippen molar-refractivity contribution in [1.29, 1.82) is 0 Å². The molecule has 2 rings (SSSR count). The van der Waals surface area contributed by atoms with Crippen molar-refractivity contribution in [2.45, 2.75) is 38.6 Å². The molecule has 1 aromatic rings. The summed E-state index contributed by atoms with van der Waals surface area (Å²) >= 11 is 1.15. The zero-order valence-electron chi connectivity index (χ0n) is 9.93. The Morgan fingerprint density at radius 3 is 2.88 bits per heavy atom. The van der Waals surface area contributed by atoms with E-state index in [0.29, 0.717) is 17.5 Å². The minimum atomic E-state index is -0.0180. The summed E-state index contributed by atoms with van der Waals surface area (Å²) in [6, 6.07) is 0.293. The van der Waals surface area contributed by atoms with E-state index in [4.69, 9.17) is 5.11 Å². The molecule has 0 aromatic carbocycles. The highest BCUT2D eigenvalue weighted by Crippen LogP contribution is 2.27. The van der Waals surface area contributed by atoms with E-state index in [0.717, 1.165) is 36.5 Å². The molecule has 0 radical (unpaired) electrons. The maximum Gasteiger partial charge on any atom is 0.267 e. The van der Waals surface area contributed by atoms with Gasteiger partial charge in [-0.15, -0.1) is 5.10 Å². The number of hydrogen-bond donors (Lipinski definition) is 1. The Morgan fingerprint density at radius 1 is 1.59 bits per heavy atom. The van der Waals surface area contributed by atoms with E-state index in [1.54, 1.807) is 4.90 Å². The molecule has 0 spiro atoms. The molecule has 0 atom stereocenters. The number of rotatable bonds is 5. The van der Waals surface area contributed by atoms with Crippen LogP contribution in [0.5, 0.6) is 0 Å². The van der Waals surface area contributed by atoms with Crippen molar-refractivity contribution in [1.82, 2.24) is 14.5 Å². The number of carbonyl (C=O) groups excluding carboxylic acids is 1. The molecule has 1 aromatic heterocycles. The maximum absolute atomic E-state index is 12.4. The van der Waals surface area contributed by atoms with Crippen LogP contribution in [0.3, 0.4) is 0 Å². The van der Waals surface area contributed by atoms with E-state index in [1.165, 1.54) is 6.42 Å². The SMILES string of the molecule is CCc1nnsc1C(=O)N(CCO)C1CCC1. The van der Waals surface area contributed by atoms with Gasteiger partial charge in [0.2, 0.25) is 0 Å². The Balaban J connectivity index is 2.15. The predicted molar refractivity (Wildman–Crippen MR) is 65.0 cm³/mol. The number of hydrogen-bond acceptors (Lipinski definition) is 5. The van der Waals surface area contributed by atoms with Gasteiger partial charge >= 0.3 is 0 Å². The topological polar surface area (TPSA) is 66.3 Å². The lowest BCUT2D eigenvalue weighted by molar-refractivity contribution is 0.0529. The molecule has 1 aliphatic carbocycles. The Kier molecular flexibility index (Phi) is 4.06. The maximum atomic E-state index is 12.4. The van der Waals surface area contributed by atoms with Gasteiger partial charge in [0.1, 0.15) is 4.88 Å². The molecule has 0 aliphatic heterocycles. The van der Waals surface area contributed by atoms with Crippen LogP contribution in [0.15, 0.2) is 0 Å². The summed E-state index contributed by atoms with van der Waals surface area (Å²) in [6.07, 6.45) is 3.97. The van der Waals surface area contributed by atoms with Gasteiger partial charge in [0, 0.05) is 12.6 Å². The van der Waals surface area contributed by atoms with Crippen LogP contribution >= 0.6 is 11.5 Å². The van der Waals surface area contributed by atoms with E-state index in [1.807, 2.05) is 6.92 Å². The second-order valence-electron chi connectivity index (χ2n) is 4.21. The highest BCUT2D eigenvalue weighted by Gasteiger charge is 2.31. The summed E-state index contributed by atoms with van der Waals surface area (Å²) in [5.74, 6) is -0.0180. The quantitative estimate of drug-likeness (QED) is 0.855. The predicted octanol–water partition coefficient (Wildman–Crippen LogP) is 1.09. The summed E-state index contributed by atoms with van der Waals surface area (Å²) in [7, 11) is 0. The molecule has 1 N–H and O–H groups in total. The van der Waals surface area contributed by atoms with Crippen LogP contribution in [-0.2, 0) is 6.42 Å². The third-order valence-corrected chi connectivity index (χ3v) is 3.96. The number of amides is 1. The first-order valence-corrected chi connectivity index (χ1v) is 6.78. The first kappa shape index (κ1) is 12.4. The highest BCUT2D eigenvalue weighted by molar-refractivity contribution is 7.08. The van der Waals surface area contributed by atoms with Crippen molar-refractivity contribution in [2.75, 3.05) is 13.2 Å². The molecular formula is C11H17N3O2S. The Labute approximate surface area is 105 Å². The fraction of sp³-hybridized carbons (Fsp3) is 0.727. The average molecular weight is 255 g/mol. The number of nitrogens with zero attached hydrogens (tertiary/aromatic N) is 3. The number of aryl methyl sites for hydroxylation is 1. The lowest BCUT2D eigenvalue weighted by Crippen LogP contribution is -2.45. The summed E-state index contributed by atoms with van der Waals surface area (Å²) in [5, 5.41) is 13.0. The largest absolute Gasteiger partial charge is 0.395 e. The fourth-order valence-electron chi connectivity index (χ4n) is 1.99. The number of aliphatic hydroxyl groups is 1. The van der Waals surface area contributed by atoms with Crippen LogP contribution in [0.25, 0.3) is 0 Å². The summed E-state index contributed by atoms with van der Waals surface area (Å²) in [5.41, 5.74) is 0.766. The second kappa shape index (κ2) is 5.55. The average Bonchev–Trinajstić information content (AvgIpc) is 2.73. The van der Waals surface area contributed by atoms with E-state index in [-0.39, 0.29) is 12.5 Å². The van der Waals surface area contributed by atoms with E-state index < -0.39 is 0 Å². The summed E-state index contributed by atoms with van der Waals surface area (Å²) < 4.78 is 3.84. The third-order valence-electron chi connectivity index (χ3n) is 3.20. The van der Waals surface area contributed by atoms with Gasteiger partial charge in [-0.3, -0.25) is 4.79 Å². The van der Waals surface area contributed by atoms with Crippen LogP contribution in [-0.4, -0.2) is 44.7 Å². The molecule has 17 heavy (non-hydrogen) atoms. The summed E-state index contributed by atoms with van der Waals surface area (Å²) in [4.78, 5) is 14.8. The van der Waals surface area contributed by atoms with Crippen LogP contribution in [0.4, 0.5) is 0 Å². The normalized spacial score (nSPS) is 15.6. The van der Waals surface area contributed by atoms with Crippen LogP contribution < -0.4 is 0 Å². The molecule has 6 heteroatoms. The zero-order chi connectivity index (χ0) is 12.3. The molecular weight excluding hydrogens is 238 g/mol. The van der Waals surface area contributed by atoms with Gasteiger partial charge in [-0.05, 0) is 37.2 Å². The lowest BCUT2D eigenvalue weighted by atomic mass is 9.91. The zero-order valence-corrected chi connectivity index (χ0v) is 10.7. The molecule has 5 nitrogen and oxygen atoms in total. The van der Waals surface area contributed by atoms with Crippen molar-refractivity contribution in [3.8, 4) is 0 Å². The highest BCUT2D eigenvalue weighted by atomic mass is 32.1. The van der Waals surface area contributed by atoms with E-state index >= 15 is 0 Å². The number of aliphatic hydroxyl groups excluding tert-OH is 1. The summed E-state index contributed by atoms with van der Waals surface area (Å²) in [6.45, 7) is 2.38. The fourth-order valence-corrected chi connectivity index (χ4v) is 2.70. The van der Waals surface area contributed by atoms with Crippen molar-refractivity contribution < 1.29 is 9.90 Å². The van der Waals surface area contributed by atoms with E-state index in [2.05, 4.69) is 9.59 Å². The Bertz CT molecular complexity index is 390. The first-order chi connectivity index (χ1) is 8.27. The number of aromatic nitrogens is 2. The molecule has 1 amide bonds. The third kappa shape index (κ3) is 2.47. The van der Waals surface area contributed by atoms with E-state index in [9.17, 15) is 4.79 Å². The Hall–Kier alpha value is -1.01. The minimum absolute atomic E-state index is 0.00985. The monoisotopic (exact) mass is 255 g/mol. The first-order valence-electron chi connectivity index (χ1n) is 6.01. The second-order valence-corrected chi connectivity index (χ2v) is 4.96. The number of carbonyl (C=O) groups is 1. The van der Waals surface area contributed by atoms with Gasteiger partial charge in [0.05, 0.1) is 12.3 Å². The minimum Gasteiger partial charge on any atom is -0.395 e. The van der Waals surface area contributed by atoms with Crippen LogP contribution in [0.2, 0.25) is 0 Å². The lowest BCUT2D eigenvalue weighted by Gasteiger charge is -2.37. The van der Waals surface area contributed by atoms with Gasteiger partial charge in [-0.25, -0.2) is 0 Å². The smallest absolute Gasteiger partial charge is 0.267 e. The van der Waals surface area contributed by atoms with Crippen LogP contribution in [0, 0.1) is 0 Å². The Morgan fingerprint density at radius 2 is 2.35 bits per heavy atom. The van der Waals surface area contributed by atoms with Gasteiger partial charge in [-0.2, -0.15) is 0 Å². The van der Waals surface area contributed by atoms with Crippen molar-refractivity contribution in [2.24, 2.45) is 0 Å². The van der Waals surface area contributed by atoms with Gasteiger partial charge in [0.15, 0.2) is 0 Å². The molecule has 0 unspecified atom stereocenters. The molecule has 0 saturated heterocycles. The molecule has 0 bridgehead atoms. The molecule has 1 saturated carbocycles. The van der Waals surface area contributed by atoms with Crippen molar-refractivity contribution in [3.05, 3.63) is 10.6 Å². The molecule has 1 heterocycles.